The first kappa shape index (κ1) is 24.3. The van der Waals surface area contributed by atoms with E-state index < -0.39 is 23.8 Å². The third-order valence-electron chi connectivity index (χ3n) is 5.99. The molecule has 34 heavy (non-hydrogen) atoms. The number of ether oxygens (including phenoxy) is 1. The summed E-state index contributed by atoms with van der Waals surface area (Å²) in [4.78, 5) is 4.75. The second kappa shape index (κ2) is 8.41. The number of fused-ring (bicyclic) bond motifs is 1. The molecule has 184 valence electrons. The van der Waals surface area contributed by atoms with Crippen molar-refractivity contribution in [2.75, 3.05) is 11.9 Å². The Hall–Kier alpha value is -2.88. The van der Waals surface area contributed by atoms with Gasteiger partial charge in [0.15, 0.2) is 6.61 Å². The first-order valence-corrected chi connectivity index (χ1v) is 11.2. The second-order valence-electron chi connectivity index (χ2n) is 10.3. The summed E-state index contributed by atoms with van der Waals surface area (Å²) in [6.45, 7) is 8.19. The zero-order valence-electron chi connectivity index (χ0n) is 19.9. The molecule has 7 nitrogen and oxygen atoms in total. The number of rotatable bonds is 5. The molecule has 0 unspecified atom stereocenters. The van der Waals surface area contributed by atoms with Crippen molar-refractivity contribution in [3.05, 3.63) is 29.3 Å². The maximum atomic E-state index is 12.7. The Morgan fingerprint density at radius 2 is 1.94 bits per heavy atom. The van der Waals surface area contributed by atoms with Gasteiger partial charge in [-0.25, -0.2) is 4.98 Å². The van der Waals surface area contributed by atoms with Crippen molar-refractivity contribution >= 4 is 16.9 Å². The predicted molar refractivity (Wildman–Crippen MR) is 122 cm³/mol. The van der Waals surface area contributed by atoms with Crippen LogP contribution < -0.4 is 10.1 Å². The average Bonchev–Trinajstić information content (AvgIpc) is 3.31. The summed E-state index contributed by atoms with van der Waals surface area (Å²) >= 11 is 0. The predicted octanol–water partition coefficient (Wildman–Crippen LogP) is 5.55. The molecule has 10 heteroatoms. The molecule has 0 aliphatic heterocycles. The monoisotopic (exact) mass is 478 g/mol. The zero-order valence-corrected chi connectivity index (χ0v) is 19.9. The van der Waals surface area contributed by atoms with Crippen LogP contribution in [0, 0.1) is 6.92 Å². The van der Waals surface area contributed by atoms with Crippen molar-refractivity contribution in [3.63, 3.8) is 0 Å². The molecular weight excluding hydrogens is 449 g/mol. The minimum absolute atomic E-state index is 0.0391. The van der Waals surface area contributed by atoms with Crippen LogP contribution in [0.5, 0.6) is 5.75 Å². The summed E-state index contributed by atoms with van der Waals surface area (Å²) in [5, 5.41) is 22.2. The number of hydrogen-bond donors (Lipinski definition) is 2. The van der Waals surface area contributed by atoms with Gasteiger partial charge in [-0.05, 0) is 67.9 Å². The normalized spacial score (nSPS) is 21.3. The van der Waals surface area contributed by atoms with Crippen molar-refractivity contribution in [1.29, 1.82) is 0 Å². The molecule has 3 aromatic rings. The van der Waals surface area contributed by atoms with Crippen LogP contribution in [0.4, 0.5) is 19.2 Å². The molecule has 2 aromatic heterocycles. The van der Waals surface area contributed by atoms with Gasteiger partial charge in [0.1, 0.15) is 11.4 Å². The molecule has 2 atom stereocenters. The summed E-state index contributed by atoms with van der Waals surface area (Å²) in [6, 6.07) is 5.24. The molecular formula is C24H29F3N4O3. The molecule has 0 radical (unpaired) electrons. The molecule has 2 heterocycles. The number of nitrogens with zero attached hydrogens (tertiary/aromatic N) is 3. The second-order valence-corrected chi connectivity index (χ2v) is 10.3. The number of nitrogens with one attached hydrogen (secondary N) is 1. The highest BCUT2D eigenvalue weighted by Crippen LogP contribution is 2.37. The van der Waals surface area contributed by atoms with E-state index >= 15 is 0 Å². The van der Waals surface area contributed by atoms with E-state index in [0.29, 0.717) is 29.4 Å². The van der Waals surface area contributed by atoms with Gasteiger partial charge in [0.2, 0.25) is 0 Å². The van der Waals surface area contributed by atoms with Gasteiger partial charge in [-0.1, -0.05) is 25.9 Å². The van der Waals surface area contributed by atoms with Gasteiger partial charge in [-0.15, -0.1) is 5.10 Å². The Bertz CT molecular complexity index is 1200. The Morgan fingerprint density at radius 1 is 1.21 bits per heavy atom. The fourth-order valence-corrected chi connectivity index (χ4v) is 4.30. The van der Waals surface area contributed by atoms with Gasteiger partial charge >= 0.3 is 12.2 Å². The van der Waals surface area contributed by atoms with E-state index in [1.54, 1.807) is 18.2 Å². The van der Waals surface area contributed by atoms with E-state index in [4.69, 9.17) is 14.1 Å². The van der Waals surface area contributed by atoms with Crippen LogP contribution in [0.25, 0.3) is 22.5 Å². The summed E-state index contributed by atoms with van der Waals surface area (Å²) in [6.07, 6.45) is -2.34. The van der Waals surface area contributed by atoms with Crippen LogP contribution in [0.2, 0.25) is 0 Å². The fourth-order valence-electron chi connectivity index (χ4n) is 4.30. The smallest absolute Gasteiger partial charge is 0.422 e. The number of anilines is 1. The van der Waals surface area contributed by atoms with Gasteiger partial charge < -0.3 is 19.6 Å². The lowest BCUT2D eigenvalue weighted by atomic mass is 9.84. The van der Waals surface area contributed by atoms with Gasteiger partial charge in [0, 0.05) is 11.4 Å². The SMILES string of the molecule is Cc1cc(-c2nnc(N[C@H]3CC[C@@](C)(O)C3)o2)nc2c(C(C)(C)C)cc(OCC(F)(F)F)cc12. The largest absolute Gasteiger partial charge is 0.484 e. The van der Waals surface area contributed by atoms with Crippen LogP contribution >= 0.6 is 0 Å². The van der Waals surface area contributed by atoms with Gasteiger partial charge in [0.05, 0.1) is 11.1 Å². The van der Waals surface area contributed by atoms with E-state index in [1.807, 2.05) is 34.6 Å². The van der Waals surface area contributed by atoms with E-state index in [2.05, 4.69) is 15.5 Å². The van der Waals surface area contributed by atoms with Crippen molar-refractivity contribution < 1.29 is 27.4 Å². The van der Waals surface area contributed by atoms with E-state index in [-0.39, 0.29) is 23.7 Å². The summed E-state index contributed by atoms with van der Waals surface area (Å²) in [5.41, 5.74) is 1.54. The number of benzene rings is 1. The molecule has 0 bridgehead atoms. The third-order valence-corrected chi connectivity index (χ3v) is 5.99. The maximum Gasteiger partial charge on any atom is 0.422 e. The number of aryl methyl sites for hydroxylation is 1. The van der Waals surface area contributed by atoms with Crippen LogP contribution in [-0.2, 0) is 5.41 Å². The molecule has 1 aliphatic carbocycles. The minimum atomic E-state index is -4.42. The molecule has 0 amide bonds. The van der Waals surface area contributed by atoms with Crippen molar-refractivity contribution in [2.24, 2.45) is 0 Å². The first-order valence-electron chi connectivity index (χ1n) is 11.2. The standard InChI is InChI=1S/C24H29F3N4O3/c1-13-8-18(20-30-31-21(34-20)28-14-6-7-23(5,32)11-14)29-19-16(13)9-15(33-12-24(25,26)27)10-17(19)22(2,3)4/h8-10,14,32H,6-7,11-12H2,1-5H3,(H,28,31)/t14-,23+/m0/s1. The Labute approximate surface area is 195 Å². The van der Waals surface area contributed by atoms with Crippen molar-refractivity contribution in [2.45, 2.75) is 77.1 Å². The molecule has 1 saturated carbocycles. The maximum absolute atomic E-state index is 12.7. The number of halogens is 3. The molecule has 0 saturated heterocycles. The first-order chi connectivity index (χ1) is 15.7. The van der Waals surface area contributed by atoms with Crippen molar-refractivity contribution in [1.82, 2.24) is 15.2 Å². The van der Waals surface area contributed by atoms with Crippen LogP contribution in [0.1, 0.15) is 58.1 Å². The topological polar surface area (TPSA) is 93.3 Å². The molecule has 1 fully saturated rings. The molecule has 2 N–H and O–H groups in total. The third kappa shape index (κ3) is 5.43. The lowest BCUT2D eigenvalue weighted by Crippen LogP contribution is -2.23. The van der Waals surface area contributed by atoms with Crippen LogP contribution in [-0.4, -0.2) is 44.7 Å². The highest BCUT2D eigenvalue weighted by Gasteiger charge is 2.34. The Kier molecular flexibility index (Phi) is 6.00. The number of aliphatic hydroxyl groups is 1. The fraction of sp³-hybridized carbons (Fsp3) is 0.542. The lowest BCUT2D eigenvalue weighted by Gasteiger charge is -2.23. The molecule has 1 aromatic carbocycles. The molecule has 1 aliphatic rings. The number of pyridine rings is 1. The van der Waals surface area contributed by atoms with Gasteiger partial charge in [-0.2, -0.15) is 13.2 Å². The van der Waals surface area contributed by atoms with Gasteiger partial charge in [-0.3, -0.25) is 0 Å². The van der Waals surface area contributed by atoms with Crippen molar-refractivity contribution in [3.8, 4) is 17.3 Å². The average molecular weight is 479 g/mol. The molecule has 0 spiro atoms. The number of hydrogen-bond acceptors (Lipinski definition) is 7. The van der Waals surface area contributed by atoms with Crippen LogP contribution in [0.3, 0.4) is 0 Å². The van der Waals surface area contributed by atoms with E-state index in [1.165, 1.54) is 0 Å². The summed E-state index contributed by atoms with van der Waals surface area (Å²) in [7, 11) is 0. The lowest BCUT2D eigenvalue weighted by molar-refractivity contribution is -0.153. The number of aromatic nitrogens is 3. The zero-order chi connectivity index (χ0) is 24.9. The summed E-state index contributed by atoms with van der Waals surface area (Å²) < 4.78 is 48.9. The van der Waals surface area contributed by atoms with Crippen LogP contribution in [0.15, 0.2) is 22.6 Å². The minimum Gasteiger partial charge on any atom is -0.484 e. The molecule has 4 rings (SSSR count). The highest BCUT2D eigenvalue weighted by atomic mass is 19.4. The van der Waals surface area contributed by atoms with E-state index in [9.17, 15) is 18.3 Å². The highest BCUT2D eigenvalue weighted by molar-refractivity contribution is 5.89. The van der Waals surface area contributed by atoms with Gasteiger partial charge in [0.25, 0.3) is 5.89 Å². The van der Waals surface area contributed by atoms with E-state index in [0.717, 1.165) is 17.5 Å². The Morgan fingerprint density at radius 3 is 2.56 bits per heavy atom. The summed E-state index contributed by atoms with van der Waals surface area (Å²) in [5.74, 6) is 0.374. The Balaban J connectivity index is 1.68. The number of alkyl halides is 3. The quantitative estimate of drug-likeness (QED) is 0.497.